The molecule has 3 amide bonds. The average molecular weight is 1170 g/mol. The number of piperidine rings is 2. The van der Waals surface area contributed by atoms with Crippen molar-refractivity contribution in [1.82, 2.24) is 29.6 Å². The van der Waals surface area contributed by atoms with Gasteiger partial charge < -0.3 is 39.7 Å². The zero-order valence-corrected chi connectivity index (χ0v) is 45.1. The Labute approximate surface area is 454 Å². The molecule has 0 spiro atoms. The summed E-state index contributed by atoms with van der Waals surface area (Å²) in [4.78, 5) is 41.7. The van der Waals surface area contributed by atoms with E-state index in [9.17, 15) is 39.6 Å². The van der Waals surface area contributed by atoms with E-state index in [4.69, 9.17) is 48.2 Å². The van der Waals surface area contributed by atoms with Crippen LogP contribution in [-0.4, -0.2) is 136 Å². The summed E-state index contributed by atoms with van der Waals surface area (Å²) in [5, 5.41) is 17.2. The van der Waals surface area contributed by atoms with E-state index in [2.05, 4.69) is 20.4 Å². The normalized spacial score (nSPS) is 25.7. The maximum atomic E-state index is 15.4. The lowest BCUT2D eigenvalue weighted by molar-refractivity contribution is -0.120. The second-order valence-corrected chi connectivity index (χ2v) is 27.2. The van der Waals surface area contributed by atoms with E-state index < -0.39 is 93.7 Å². The highest BCUT2D eigenvalue weighted by Crippen LogP contribution is 2.60. The third-order valence-electron chi connectivity index (χ3n) is 15.1. The molecule has 4 unspecified atom stereocenters. The van der Waals surface area contributed by atoms with Gasteiger partial charge in [-0.3, -0.25) is 9.59 Å². The molecular weight excluding hydrogens is 1130 g/mol. The van der Waals surface area contributed by atoms with Crippen molar-refractivity contribution in [1.29, 1.82) is 0 Å². The number of nitrogens with zero attached hydrogens (tertiary/aromatic N) is 8. The smallest absolute Gasteiger partial charge is 0.409 e. The zero-order valence-electron chi connectivity index (χ0n) is 41.2. The van der Waals surface area contributed by atoms with E-state index in [1.165, 1.54) is 33.3 Å². The molecule has 2 aliphatic carbocycles. The quantitative estimate of drug-likeness (QED) is 0.205. The maximum absolute atomic E-state index is 15.4. The lowest BCUT2D eigenvalue weighted by Gasteiger charge is -2.24. The largest absolute Gasteiger partial charge is 0.453 e. The Kier molecular flexibility index (Phi) is 13.1. The van der Waals surface area contributed by atoms with Crippen molar-refractivity contribution in [2.24, 2.45) is 23.3 Å². The van der Waals surface area contributed by atoms with Gasteiger partial charge >= 0.3 is 6.09 Å². The molecule has 78 heavy (non-hydrogen) atoms. The van der Waals surface area contributed by atoms with Crippen molar-refractivity contribution in [3.8, 4) is 22.9 Å². The zero-order chi connectivity index (χ0) is 55.6. The van der Waals surface area contributed by atoms with Crippen LogP contribution in [0.5, 0.6) is 0 Å². The van der Waals surface area contributed by atoms with Gasteiger partial charge in [-0.05, 0) is 84.3 Å². The summed E-state index contributed by atoms with van der Waals surface area (Å²) in [5.74, 6) is -4.30. The first-order chi connectivity index (χ1) is 36.8. The third-order valence-corrected chi connectivity index (χ3v) is 20.5. The molecule has 410 valence electrons. The van der Waals surface area contributed by atoms with Crippen LogP contribution in [0.4, 0.5) is 25.0 Å². The topological polar surface area (TPSA) is 306 Å². The summed E-state index contributed by atoms with van der Waals surface area (Å²) in [6.45, 7) is 1.27. The summed E-state index contributed by atoms with van der Waals surface area (Å²) < 4.78 is 125. The van der Waals surface area contributed by atoms with Crippen LogP contribution >= 0.6 is 23.2 Å². The first kappa shape index (κ1) is 53.5. The van der Waals surface area contributed by atoms with Crippen molar-refractivity contribution in [3.05, 3.63) is 117 Å². The molecule has 4 fully saturated rings. The number of sulfonamides is 1. The highest BCUT2D eigenvalue weighted by molar-refractivity contribution is 7.92. The van der Waals surface area contributed by atoms with Gasteiger partial charge in [-0.1, -0.05) is 47.5 Å². The number of amides is 3. The number of ether oxygens (including phenoxy) is 1. The predicted octanol–water partition coefficient (Wildman–Crippen LogP) is 4.23. The molecular formula is C49H46Cl2F2N10O12S3. The molecule has 12 rings (SSSR count). The summed E-state index contributed by atoms with van der Waals surface area (Å²) in [5.41, 5.74) is 11.6. The maximum Gasteiger partial charge on any atom is 0.409 e. The van der Waals surface area contributed by atoms with Gasteiger partial charge in [-0.2, -0.15) is 0 Å². The fourth-order valence-corrected chi connectivity index (χ4v) is 15.1. The van der Waals surface area contributed by atoms with E-state index in [1.807, 2.05) is 0 Å². The van der Waals surface area contributed by atoms with Crippen molar-refractivity contribution in [2.75, 3.05) is 60.9 Å². The van der Waals surface area contributed by atoms with Gasteiger partial charge in [0, 0.05) is 36.2 Å². The standard InChI is InChI=1S/C25H23ClFN5O6S.C24H23ClFN5O6S2/c1-37-24(34)31-10-14-8-25(14,12-31)23-30-29-21(38-23)16-6-19-20(7-17(16)27)39(35,36)11-18(28)22(33)32(19)9-13-2-4-15(26)5-3-13;1-38(33,34)30-10-14-8-24(14,12-30)23-29-28-21(37-23)16-6-19-20(7-17(16)26)39(35,36)11-18(27)22(32)31(19)9-13-2-4-15(25)5-3-13/h2-7,14,18H,8-12,28H2,1H3;2-7,14,18H,8-12,27H2,1H3/t14?,18-,25?;14?,18-,24?/m00/s1. The van der Waals surface area contributed by atoms with Crippen LogP contribution in [-0.2, 0) is 67.9 Å². The monoisotopic (exact) mass is 1170 g/mol. The van der Waals surface area contributed by atoms with Crippen LogP contribution in [0.15, 0.2) is 91.4 Å². The number of likely N-dealkylation sites (tertiary alicyclic amines) is 1. The van der Waals surface area contributed by atoms with Crippen LogP contribution in [0.25, 0.3) is 22.9 Å². The number of carbonyl (C=O) groups is 3. The molecule has 4 aromatic carbocycles. The van der Waals surface area contributed by atoms with E-state index in [0.29, 0.717) is 47.2 Å². The van der Waals surface area contributed by atoms with Gasteiger partial charge in [0.1, 0.15) is 11.6 Å². The molecule has 4 N–H and O–H groups in total. The van der Waals surface area contributed by atoms with E-state index in [-0.39, 0.29) is 87.3 Å². The molecule has 29 heteroatoms. The molecule has 22 nitrogen and oxygen atoms in total. The first-order valence-electron chi connectivity index (χ1n) is 24.0. The molecule has 2 aromatic heterocycles. The van der Waals surface area contributed by atoms with E-state index in [0.717, 1.165) is 24.8 Å². The van der Waals surface area contributed by atoms with Crippen molar-refractivity contribution < 1.29 is 62.0 Å². The molecule has 6 aliphatic rings. The Bertz CT molecular complexity index is 3840. The van der Waals surface area contributed by atoms with E-state index in [1.54, 1.807) is 53.4 Å². The van der Waals surface area contributed by atoms with Gasteiger partial charge in [0.2, 0.25) is 33.6 Å². The van der Waals surface area contributed by atoms with Crippen molar-refractivity contribution >= 4 is 82.2 Å². The summed E-state index contributed by atoms with van der Waals surface area (Å²) in [7, 11) is -10.3. The summed E-state index contributed by atoms with van der Waals surface area (Å²) >= 11 is 12.0. The average Bonchev–Trinajstić information content (AvgIpc) is 4.07. The minimum absolute atomic E-state index is 0.0107. The number of fused-ring (bicyclic) bond motifs is 4. The highest BCUT2D eigenvalue weighted by Gasteiger charge is 2.67. The van der Waals surface area contributed by atoms with Gasteiger partial charge in [0.05, 0.1) is 93.2 Å². The molecule has 4 aliphatic heterocycles. The lowest BCUT2D eigenvalue weighted by atomic mass is 10.1. The minimum Gasteiger partial charge on any atom is -0.453 e. The first-order valence-corrected chi connectivity index (χ1v) is 29.9. The highest BCUT2D eigenvalue weighted by atomic mass is 35.5. The predicted molar refractivity (Wildman–Crippen MR) is 275 cm³/mol. The van der Waals surface area contributed by atoms with Gasteiger partial charge in [-0.15, -0.1) is 20.4 Å². The molecule has 2 saturated carbocycles. The Hall–Kier alpha value is -6.46. The summed E-state index contributed by atoms with van der Waals surface area (Å²) in [6, 6.07) is 14.7. The molecule has 6 aromatic rings. The second-order valence-electron chi connectivity index (χ2n) is 20.3. The number of halogens is 4. The Morgan fingerprint density at radius 2 is 1.13 bits per heavy atom. The van der Waals surface area contributed by atoms with Crippen LogP contribution in [0.3, 0.4) is 0 Å². The number of rotatable bonds is 9. The SMILES string of the molecule is COC(=O)N1CC2CC2(c2nnc(-c3cc4c(cc3F)S(=O)(=O)C[C@H](N)C(=O)N4Cc3ccc(Cl)cc3)o2)C1.CS(=O)(=O)N1CC2CC2(c2nnc(-c3cc4c(cc3F)S(=O)(=O)C[C@H](N)C(=O)N4Cc3ccc(Cl)cc3)o2)C1. The molecule has 6 heterocycles. The van der Waals surface area contributed by atoms with Crippen LogP contribution in [0, 0.1) is 23.5 Å². The van der Waals surface area contributed by atoms with Crippen LogP contribution in [0.1, 0.15) is 35.7 Å². The number of hydrogen-bond acceptors (Lipinski definition) is 18. The number of benzene rings is 4. The second kappa shape index (κ2) is 19.1. The number of methoxy groups -OCH3 is 1. The molecule has 6 atom stereocenters. The Morgan fingerprint density at radius 1 is 0.705 bits per heavy atom. The molecule has 2 saturated heterocycles. The fourth-order valence-electron chi connectivity index (χ4n) is 10.8. The van der Waals surface area contributed by atoms with Crippen LogP contribution in [0.2, 0.25) is 10.0 Å². The lowest BCUT2D eigenvalue weighted by Crippen LogP contribution is -2.45. The van der Waals surface area contributed by atoms with Crippen molar-refractivity contribution in [3.63, 3.8) is 0 Å². The number of hydrogen-bond donors (Lipinski definition) is 2. The minimum atomic E-state index is -4.12. The van der Waals surface area contributed by atoms with E-state index >= 15 is 8.78 Å². The van der Waals surface area contributed by atoms with Gasteiger partial charge in [0.25, 0.3) is 11.8 Å². The van der Waals surface area contributed by atoms with Crippen LogP contribution < -0.4 is 21.3 Å². The number of carbonyl (C=O) groups excluding carboxylic acids is 3. The number of sulfone groups is 2. The number of anilines is 2. The number of nitrogens with two attached hydrogens (primary N) is 2. The third kappa shape index (κ3) is 9.49. The fraction of sp³-hybridized carbons (Fsp3) is 0.367. The Morgan fingerprint density at radius 3 is 1.54 bits per heavy atom. The molecule has 0 radical (unpaired) electrons. The van der Waals surface area contributed by atoms with Gasteiger partial charge in [0.15, 0.2) is 19.7 Å². The summed E-state index contributed by atoms with van der Waals surface area (Å²) in [6.07, 6.45) is 2.07. The molecule has 0 bridgehead atoms. The van der Waals surface area contributed by atoms with Gasteiger partial charge in [-0.25, -0.2) is 43.1 Å². The van der Waals surface area contributed by atoms with Crippen molar-refractivity contribution in [2.45, 2.75) is 58.6 Å². The number of aromatic nitrogens is 4. The Balaban J connectivity index is 0.000000165.